The quantitative estimate of drug-likeness (QED) is 0.203. The van der Waals surface area contributed by atoms with Gasteiger partial charge in [-0.1, -0.05) is 0 Å². The van der Waals surface area contributed by atoms with Gasteiger partial charge in [-0.15, -0.1) is 0 Å². The molecule has 0 aliphatic rings. The Bertz CT molecular complexity index is 203. The maximum Gasteiger partial charge on any atom is 0.356 e. The summed E-state index contributed by atoms with van der Waals surface area (Å²) in [5.74, 6) is 0. The minimum atomic E-state index is -0.932. The normalized spacial score (nSPS) is 9.23. The summed E-state index contributed by atoms with van der Waals surface area (Å²) < 4.78 is 8.26. The molecule has 76 valence electrons. The third-order valence-electron chi connectivity index (χ3n) is 0.609. The number of hydrogen-bond donors (Lipinski definition) is 3. The van der Waals surface area contributed by atoms with E-state index in [4.69, 9.17) is 11.1 Å². The molecule has 0 aromatic heterocycles. The van der Waals surface area contributed by atoms with Crippen LogP contribution in [0.25, 0.3) is 0 Å². The van der Waals surface area contributed by atoms with E-state index in [1.807, 2.05) is 0 Å². The molecule has 0 unspecified atom stereocenters. The number of hydrazone groups is 1. The van der Waals surface area contributed by atoms with E-state index in [2.05, 4.69) is 20.3 Å². The lowest BCUT2D eigenvalue weighted by Gasteiger charge is -1.87. The number of ether oxygens (including phenoxy) is 2. The zero-order valence-corrected chi connectivity index (χ0v) is 7.18. The largest absolute Gasteiger partial charge is 0.469 e. The predicted octanol–water partition coefficient (Wildman–Crippen LogP) is -1.33. The van der Waals surface area contributed by atoms with Crippen LogP contribution in [-0.2, 0) is 9.47 Å². The molecule has 0 amide bonds. The maximum absolute atomic E-state index is 9.43. The Balaban J connectivity index is 0. The monoisotopic (exact) mass is 193 g/mol. The van der Waals surface area contributed by atoms with Gasteiger partial charge < -0.3 is 20.9 Å². The third kappa shape index (κ3) is 17.8. The number of hydrogen-bond acceptors (Lipinski definition) is 5. The molecule has 0 atom stereocenters. The van der Waals surface area contributed by atoms with Gasteiger partial charge in [0.2, 0.25) is 0 Å². The van der Waals surface area contributed by atoms with Gasteiger partial charge >= 0.3 is 6.02 Å². The predicted molar refractivity (Wildman–Crippen MR) is 44.5 cm³/mol. The Morgan fingerprint density at radius 3 is 1.92 bits per heavy atom. The molecule has 0 aliphatic heterocycles. The van der Waals surface area contributed by atoms with Gasteiger partial charge in [-0.2, -0.15) is 0 Å². The van der Waals surface area contributed by atoms with Crippen molar-refractivity contribution >= 4 is 12.0 Å². The van der Waals surface area contributed by atoms with Gasteiger partial charge in [0.05, 0.1) is 14.2 Å². The molecule has 0 saturated heterocycles. The van der Waals surface area contributed by atoms with Crippen molar-refractivity contribution in [3.63, 3.8) is 0 Å². The van der Waals surface area contributed by atoms with Crippen LogP contribution in [0.1, 0.15) is 0 Å². The highest BCUT2D eigenvalue weighted by Crippen LogP contribution is 1.70. The van der Waals surface area contributed by atoms with Gasteiger partial charge in [0.1, 0.15) is 5.10 Å². The van der Waals surface area contributed by atoms with Crippen LogP contribution in [-0.4, -0.2) is 31.3 Å². The number of nitro groups is 1. The number of methoxy groups -OCH3 is 2. The first-order valence-electron chi connectivity index (χ1n) is 2.84. The van der Waals surface area contributed by atoms with E-state index < -0.39 is 11.1 Å². The fourth-order valence-electron chi connectivity index (χ4n) is 0.121. The Labute approximate surface area is 74.0 Å². The van der Waals surface area contributed by atoms with Crippen LogP contribution in [0.2, 0.25) is 0 Å². The van der Waals surface area contributed by atoms with Gasteiger partial charge in [-0.05, 0) is 0 Å². The molecule has 9 nitrogen and oxygen atoms in total. The van der Waals surface area contributed by atoms with E-state index >= 15 is 0 Å². The summed E-state index contributed by atoms with van der Waals surface area (Å²) in [6.07, 6.45) is 0. The summed E-state index contributed by atoms with van der Waals surface area (Å²) in [5, 5.41) is 17.4. The number of rotatable bonds is 1. The van der Waals surface area contributed by atoms with E-state index in [-0.39, 0.29) is 6.02 Å². The summed E-state index contributed by atoms with van der Waals surface area (Å²) in [4.78, 5) is 9.43. The van der Waals surface area contributed by atoms with E-state index in [1.54, 1.807) is 0 Å². The fourth-order valence-corrected chi connectivity index (χ4v) is 0.121. The van der Waals surface area contributed by atoms with E-state index in [9.17, 15) is 10.1 Å². The smallest absolute Gasteiger partial charge is 0.356 e. The van der Waals surface area contributed by atoms with Crippen LogP contribution in [0, 0.1) is 15.5 Å². The maximum atomic E-state index is 9.43. The molecule has 0 aromatic carbocycles. The molecule has 0 fully saturated rings. The van der Waals surface area contributed by atoms with Gasteiger partial charge in [0.25, 0.3) is 6.02 Å². The second-order valence-corrected chi connectivity index (χ2v) is 1.45. The van der Waals surface area contributed by atoms with Crippen molar-refractivity contribution in [1.82, 2.24) is 0 Å². The highest BCUT2D eigenvalue weighted by atomic mass is 16.7. The van der Waals surface area contributed by atoms with E-state index in [0.29, 0.717) is 0 Å². The highest BCUT2D eigenvalue weighted by Gasteiger charge is 1.93. The molecular formula is C4H11N5O4. The van der Waals surface area contributed by atoms with Gasteiger partial charge in [-0.3, -0.25) is 5.41 Å². The molecule has 0 bridgehead atoms. The topological polar surface area (TPSA) is 150 Å². The fraction of sp³-hybridized carbons (Fsp3) is 0.500. The summed E-state index contributed by atoms with van der Waals surface area (Å²) >= 11 is 0. The van der Waals surface area contributed by atoms with Crippen LogP contribution < -0.4 is 11.5 Å². The zero-order chi connectivity index (χ0) is 10.9. The van der Waals surface area contributed by atoms with Crippen LogP contribution in [0.5, 0.6) is 0 Å². The molecule has 0 radical (unpaired) electrons. The first-order chi connectivity index (χ1) is 5.93. The summed E-state index contributed by atoms with van der Waals surface area (Å²) in [5.41, 5.74) is 9.41. The molecule has 0 spiro atoms. The molecule has 0 aromatic rings. The number of nitrogens with two attached hydrogens (primary N) is 2. The average molecular weight is 193 g/mol. The van der Waals surface area contributed by atoms with Crippen molar-refractivity contribution < 1.29 is 14.5 Å². The molecule has 13 heavy (non-hydrogen) atoms. The zero-order valence-electron chi connectivity index (χ0n) is 7.18. The lowest BCUT2D eigenvalue weighted by atomic mass is 11.2. The molecule has 5 N–H and O–H groups in total. The number of nitrogens with zero attached hydrogens (tertiary/aromatic N) is 2. The Kier molecular flexibility index (Phi) is 8.36. The highest BCUT2D eigenvalue weighted by molar-refractivity contribution is 5.70. The van der Waals surface area contributed by atoms with Crippen LogP contribution >= 0.6 is 0 Å². The minimum Gasteiger partial charge on any atom is -0.469 e. The van der Waals surface area contributed by atoms with Crippen molar-refractivity contribution in [3.8, 4) is 0 Å². The second kappa shape index (κ2) is 8.04. The van der Waals surface area contributed by atoms with Crippen LogP contribution in [0.4, 0.5) is 0 Å². The van der Waals surface area contributed by atoms with Crippen molar-refractivity contribution in [2.45, 2.75) is 0 Å². The Morgan fingerprint density at radius 1 is 1.46 bits per heavy atom. The Morgan fingerprint density at radius 2 is 1.85 bits per heavy atom. The minimum absolute atomic E-state index is 0.245. The molecule has 0 rings (SSSR count). The first-order valence-corrected chi connectivity index (χ1v) is 2.84. The lowest BCUT2D eigenvalue weighted by molar-refractivity contribution is -0.486. The summed E-state index contributed by atoms with van der Waals surface area (Å²) in [7, 11) is 2.55. The van der Waals surface area contributed by atoms with Crippen molar-refractivity contribution in [3.05, 3.63) is 10.1 Å². The molecule has 0 aliphatic carbocycles. The van der Waals surface area contributed by atoms with Gasteiger partial charge in [0, 0.05) is 0 Å². The molecular weight excluding hydrogens is 182 g/mol. The van der Waals surface area contributed by atoms with Gasteiger partial charge in [-0.25, -0.2) is 10.1 Å². The SMILES string of the molecule is CO/C(N)=N\[N+](=O)[O-].COC(=N)N. The van der Waals surface area contributed by atoms with Crippen LogP contribution in [0.15, 0.2) is 5.10 Å². The van der Waals surface area contributed by atoms with Crippen molar-refractivity contribution in [2.75, 3.05) is 14.2 Å². The van der Waals surface area contributed by atoms with E-state index in [1.165, 1.54) is 14.2 Å². The Hall–Kier alpha value is -2.06. The number of amidine groups is 2. The van der Waals surface area contributed by atoms with Crippen LogP contribution in [0.3, 0.4) is 0 Å². The second-order valence-electron chi connectivity index (χ2n) is 1.45. The lowest BCUT2D eigenvalue weighted by Crippen LogP contribution is -2.15. The first kappa shape index (κ1) is 13.5. The van der Waals surface area contributed by atoms with E-state index in [0.717, 1.165) is 0 Å². The molecule has 0 saturated carbocycles. The summed E-state index contributed by atoms with van der Waals surface area (Å²) in [6.45, 7) is 0. The standard InChI is InChI=1S/C2H5N3O3.C2H6N2O/c1-8-2(3)4-5(6)7;1-5-2(3)4/h1H3,(H2,3,4);1H3,(H3,3,4). The van der Waals surface area contributed by atoms with Gasteiger partial charge in [0.15, 0.2) is 5.03 Å². The number of nitrogens with one attached hydrogen (secondary N) is 1. The molecule has 9 heteroatoms. The third-order valence-corrected chi connectivity index (χ3v) is 0.609. The molecule has 0 heterocycles. The summed E-state index contributed by atoms with van der Waals surface area (Å²) in [6, 6.07) is -0.694. The average Bonchev–Trinajstić information content (AvgIpc) is 2.04. The van der Waals surface area contributed by atoms with Crippen molar-refractivity contribution in [2.24, 2.45) is 16.6 Å². The van der Waals surface area contributed by atoms with Crippen molar-refractivity contribution in [1.29, 1.82) is 5.41 Å².